The Hall–Kier alpha value is -0.250. The lowest BCUT2D eigenvalue weighted by Crippen LogP contribution is -2.28. The van der Waals surface area contributed by atoms with Crippen LogP contribution in [0.15, 0.2) is 37.0 Å². The van der Waals surface area contributed by atoms with Crippen LogP contribution in [0.25, 0.3) is 0 Å². The summed E-state index contributed by atoms with van der Waals surface area (Å²) in [6.45, 7) is 0.213. The van der Waals surface area contributed by atoms with E-state index in [1.165, 1.54) is 11.3 Å². The van der Waals surface area contributed by atoms with E-state index >= 15 is 0 Å². The number of hydrogen-bond acceptors (Lipinski definition) is 5. The van der Waals surface area contributed by atoms with E-state index in [2.05, 4.69) is 20.7 Å². The lowest BCUT2D eigenvalue weighted by molar-refractivity contribution is 0.107. The standard InChI is InChI=1S/C11H12BrNO3S3/c1-16-9(8-4-5-17-7-8)6-13-19(14,15)11-3-2-10(12)18-11/h2-5,7,9,13H,6H2,1H3. The summed E-state index contributed by atoms with van der Waals surface area (Å²) in [5, 5.41) is 3.89. The molecule has 0 saturated heterocycles. The minimum Gasteiger partial charge on any atom is -0.375 e. The lowest BCUT2D eigenvalue weighted by Gasteiger charge is -2.14. The molecular weight excluding hydrogens is 370 g/mol. The summed E-state index contributed by atoms with van der Waals surface area (Å²) in [5.74, 6) is 0. The molecule has 2 aromatic rings. The summed E-state index contributed by atoms with van der Waals surface area (Å²) in [5.41, 5.74) is 0.975. The molecule has 4 nitrogen and oxygen atoms in total. The van der Waals surface area contributed by atoms with Crippen molar-refractivity contribution < 1.29 is 13.2 Å². The molecule has 1 N–H and O–H groups in total. The number of methoxy groups -OCH3 is 1. The van der Waals surface area contributed by atoms with Crippen LogP contribution in [-0.4, -0.2) is 22.1 Å². The van der Waals surface area contributed by atoms with Gasteiger partial charge in [-0.1, -0.05) is 0 Å². The predicted octanol–water partition coefficient (Wildman–Crippen LogP) is 3.24. The summed E-state index contributed by atoms with van der Waals surface area (Å²) in [4.78, 5) is 0. The highest BCUT2D eigenvalue weighted by Crippen LogP contribution is 2.26. The number of ether oxygens (including phenoxy) is 1. The van der Waals surface area contributed by atoms with Crippen LogP contribution in [0.1, 0.15) is 11.7 Å². The predicted molar refractivity (Wildman–Crippen MR) is 81.3 cm³/mol. The molecule has 1 unspecified atom stereocenters. The van der Waals surface area contributed by atoms with E-state index in [-0.39, 0.29) is 12.6 Å². The number of halogens is 1. The van der Waals surface area contributed by atoms with Crippen LogP contribution in [-0.2, 0) is 14.8 Å². The first-order valence-electron chi connectivity index (χ1n) is 5.33. The Labute approximate surface area is 128 Å². The number of hydrogen-bond donors (Lipinski definition) is 1. The molecule has 8 heteroatoms. The molecule has 0 aromatic carbocycles. The maximum absolute atomic E-state index is 12.1. The van der Waals surface area contributed by atoms with Gasteiger partial charge >= 0.3 is 0 Å². The molecule has 0 aliphatic carbocycles. The minimum absolute atomic E-state index is 0.213. The van der Waals surface area contributed by atoms with Gasteiger partial charge in [0, 0.05) is 13.7 Å². The molecule has 0 fully saturated rings. The average Bonchev–Trinajstić information content (AvgIpc) is 3.01. The molecule has 0 spiro atoms. The largest absolute Gasteiger partial charge is 0.375 e. The second kappa shape index (κ2) is 6.47. The molecule has 0 saturated carbocycles. The monoisotopic (exact) mass is 381 g/mol. The van der Waals surface area contributed by atoms with Crippen LogP contribution < -0.4 is 4.72 Å². The van der Waals surface area contributed by atoms with Crippen molar-refractivity contribution in [2.24, 2.45) is 0 Å². The molecule has 2 rings (SSSR count). The van der Waals surface area contributed by atoms with Crippen LogP contribution in [0.4, 0.5) is 0 Å². The second-order valence-corrected chi connectivity index (χ2v) is 8.93. The zero-order valence-corrected chi connectivity index (χ0v) is 14.0. The molecule has 0 radical (unpaired) electrons. The molecule has 19 heavy (non-hydrogen) atoms. The Morgan fingerprint density at radius 3 is 2.74 bits per heavy atom. The third-order valence-electron chi connectivity index (χ3n) is 2.47. The van der Waals surface area contributed by atoms with E-state index in [0.717, 1.165) is 9.35 Å². The van der Waals surface area contributed by atoms with Gasteiger partial charge in [0.05, 0.1) is 9.89 Å². The van der Waals surface area contributed by atoms with Crippen LogP contribution in [0.5, 0.6) is 0 Å². The van der Waals surface area contributed by atoms with E-state index < -0.39 is 10.0 Å². The molecule has 0 aliphatic heterocycles. The first-order chi connectivity index (χ1) is 9.03. The highest BCUT2D eigenvalue weighted by Gasteiger charge is 2.19. The van der Waals surface area contributed by atoms with E-state index in [1.54, 1.807) is 30.6 Å². The molecule has 0 bridgehead atoms. The number of sulfonamides is 1. The molecule has 0 aliphatic rings. The minimum atomic E-state index is -3.47. The van der Waals surface area contributed by atoms with Gasteiger partial charge in [-0.15, -0.1) is 11.3 Å². The van der Waals surface area contributed by atoms with Crippen LogP contribution in [0, 0.1) is 0 Å². The summed E-state index contributed by atoms with van der Waals surface area (Å²) in [6.07, 6.45) is -0.274. The van der Waals surface area contributed by atoms with Crippen LogP contribution in [0.2, 0.25) is 0 Å². The molecule has 1 atom stereocenters. The number of rotatable bonds is 6. The van der Waals surface area contributed by atoms with Gasteiger partial charge in [0.1, 0.15) is 4.21 Å². The average molecular weight is 382 g/mol. The fraction of sp³-hybridized carbons (Fsp3) is 0.273. The SMILES string of the molecule is COC(CNS(=O)(=O)c1ccc(Br)s1)c1ccsc1. The molecule has 2 aromatic heterocycles. The first-order valence-corrected chi connectivity index (χ1v) is 9.36. The van der Waals surface area contributed by atoms with Gasteiger partial charge in [0.15, 0.2) is 0 Å². The summed E-state index contributed by atoms with van der Waals surface area (Å²) in [7, 11) is -1.91. The molecular formula is C11H12BrNO3S3. The Morgan fingerprint density at radius 2 is 2.21 bits per heavy atom. The molecule has 0 amide bonds. The van der Waals surface area contributed by atoms with Gasteiger partial charge in [-0.05, 0) is 50.5 Å². The zero-order chi connectivity index (χ0) is 13.9. The third-order valence-corrected chi connectivity index (χ3v) is 6.71. The highest BCUT2D eigenvalue weighted by molar-refractivity contribution is 9.11. The van der Waals surface area contributed by atoms with Crippen LogP contribution >= 0.6 is 38.6 Å². The number of thiophene rings is 2. The van der Waals surface area contributed by atoms with E-state index in [1.807, 2.05) is 16.8 Å². The second-order valence-electron chi connectivity index (χ2n) is 3.69. The Morgan fingerprint density at radius 1 is 1.42 bits per heavy atom. The van der Waals surface area contributed by atoms with Gasteiger partial charge in [-0.3, -0.25) is 0 Å². The van der Waals surface area contributed by atoms with Gasteiger partial charge < -0.3 is 4.74 Å². The highest BCUT2D eigenvalue weighted by atomic mass is 79.9. The Balaban J connectivity index is 2.05. The van der Waals surface area contributed by atoms with E-state index in [9.17, 15) is 8.42 Å². The third kappa shape index (κ3) is 3.87. The number of nitrogens with one attached hydrogen (secondary N) is 1. The van der Waals surface area contributed by atoms with Crippen molar-refractivity contribution in [1.29, 1.82) is 0 Å². The zero-order valence-electron chi connectivity index (χ0n) is 10.00. The Kier molecular flexibility index (Phi) is 5.15. The van der Waals surface area contributed by atoms with E-state index in [4.69, 9.17) is 4.74 Å². The van der Waals surface area contributed by atoms with Gasteiger partial charge in [-0.2, -0.15) is 11.3 Å². The van der Waals surface area contributed by atoms with Crippen LogP contribution in [0.3, 0.4) is 0 Å². The van der Waals surface area contributed by atoms with Crippen molar-refractivity contribution in [3.63, 3.8) is 0 Å². The molecule has 104 valence electrons. The summed E-state index contributed by atoms with van der Waals surface area (Å²) in [6, 6.07) is 5.21. The molecule has 2 heterocycles. The van der Waals surface area contributed by atoms with Gasteiger partial charge in [0.2, 0.25) is 10.0 Å². The van der Waals surface area contributed by atoms with E-state index in [0.29, 0.717) is 4.21 Å². The van der Waals surface area contributed by atoms with Crippen molar-refractivity contribution in [3.8, 4) is 0 Å². The maximum atomic E-state index is 12.1. The fourth-order valence-electron chi connectivity index (χ4n) is 1.49. The Bertz CT molecular complexity index is 621. The lowest BCUT2D eigenvalue weighted by atomic mass is 10.2. The topological polar surface area (TPSA) is 55.4 Å². The normalized spacial score (nSPS) is 13.6. The van der Waals surface area contributed by atoms with Gasteiger partial charge in [0.25, 0.3) is 0 Å². The first kappa shape index (κ1) is 15.1. The van der Waals surface area contributed by atoms with Crippen molar-refractivity contribution >= 4 is 48.6 Å². The summed E-state index contributed by atoms with van der Waals surface area (Å²) >= 11 is 5.99. The summed E-state index contributed by atoms with van der Waals surface area (Å²) < 4.78 is 33.1. The quantitative estimate of drug-likeness (QED) is 0.835. The van der Waals surface area contributed by atoms with Crippen molar-refractivity contribution in [2.45, 2.75) is 10.3 Å². The van der Waals surface area contributed by atoms with Crippen molar-refractivity contribution in [2.75, 3.05) is 13.7 Å². The smallest absolute Gasteiger partial charge is 0.250 e. The van der Waals surface area contributed by atoms with Crippen molar-refractivity contribution in [1.82, 2.24) is 4.72 Å². The van der Waals surface area contributed by atoms with Crippen molar-refractivity contribution in [3.05, 3.63) is 38.3 Å². The maximum Gasteiger partial charge on any atom is 0.250 e. The fourth-order valence-corrected chi connectivity index (χ4v) is 5.28. The van der Waals surface area contributed by atoms with Gasteiger partial charge in [-0.25, -0.2) is 13.1 Å².